The first-order chi connectivity index (χ1) is 12.7. The standard InChI is InChI=1S/C21H24N2O4/c1-12(2)9-19(24)23-18-8-5-15(10-14(18)4)20(25)22-16-6-7-17(21(26)27)13(3)11-16/h5-8,10-12H,9H2,1-4H3,(H,22,25)(H,23,24)(H,26,27). The van der Waals surface area contributed by atoms with Gasteiger partial charge in [0.15, 0.2) is 0 Å². The molecule has 0 radical (unpaired) electrons. The quantitative estimate of drug-likeness (QED) is 0.711. The van der Waals surface area contributed by atoms with Crippen molar-refractivity contribution < 1.29 is 19.5 Å². The van der Waals surface area contributed by atoms with Gasteiger partial charge in [-0.2, -0.15) is 0 Å². The molecule has 0 bridgehead atoms. The molecule has 2 aromatic carbocycles. The molecule has 0 saturated carbocycles. The normalized spacial score (nSPS) is 10.6. The summed E-state index contributed by atoms with van der Waals surface area (Å²) >= 11 is 0. The zero-order valence-corrected chi connectivity index (χ0v) is 15.9. The summed E-state index contributed by atoms with van der Waals surface area (Å²) in [6.45, 7) is 7.46. The monoisotopic (exact) mass is 368 g/mol. The topological polar surface area (TPSA) is 95.5 Å². The van der Waals surface area contributed by atoms with E-state index in [4.69, 9.17) is 5.11 Å². The Morgan fingerprint density at radius 2 is 1.67 bits per heavy atom. The zero-order valence-electron chi connectivity index (χ0n) is 15.9. The predicted molar refractivity (Wildman–Crippen MR) is 105 cm³/mol. The van der Waals surface area contributed by atoms with E-state index in [1.54, 1.807) is 37.3 Å². The lowest BCUT2D eigenvalue weighted by molar-refractivity contribution is -0.116. The number of carbonyl (C=O) groups excluding carboxylic acids is 2. The third kappa shape index (κ3) is 5.41. The van der Waals surface area contributed by atoms with Gasteiger partial charge in [0, 0.05) is 23.4 Å². The SMILES string of the molecule is Cc1cc(C(=O)Nc2ccc(C(=O)O)c(C)c2)ccc1NC(=O)CC(C)C. The number of amides is 2. The number of carboxylic acid groups (broad SMARTS) is 1. The number of aryl methyl sites for hydroxylation is 2. The summed E-state index contributed by atoms with van der Waals surface area (Å²) in [5.41, 5.74) is 3.21. The van der Waals surface area contributed by atoms with Gasteiger partial charge in [0.2, 0.25) is 5.91 Å². The molecule has 0 unspecified atom stereocenters. The van der Waals surface area contributed by atoms with Crippen LogP contribution < -0.4 is 10.6 Å². The molecular formula is C21H24N2O4. The number of hydrogen-bond donors (Lipinski definition) is 3. The zero-order chi connectivity index (χ0) is 20.1. The van der Waals surface area contributed by atoms with E-state index in [0.29, 0.717) is 28.9 Å². The fourth-order valence-electron chi connectivity index (χ4n) is 2.70. The number of rotatable bonds is 6. The van der Waals surface area contributed by atoms with E-state index < -0.39 is 5.97 Å². The van der Waals surface area contributed by atoms with Crippen LogP contribution in [0.5, 0.6) is 0 Å². The number of carbonyl (C=O) groups is 3. The van der Waals surface area contributed by atoms with E-state index in [1.807, 2.05) is 20.8 Å². The van der Waals surface area contributed by atoms with Crippen LogP contribution in [-0.2, 0) is 4.79 Å². The molecule has 0 heterocycles. The van der Waals surface area contributed by atoms with Gasteiger partial charge in [-0.1, -0.05) is 13.8 Å². The highest BCUT2D eigenvalue weighted by atomic mass is 16.4. The molecule has 0 saturated heterocycles. The Morgan fingerprint density at radius 3 is 2.22 bits per heavy atom. The van der Waals surface area contributed by atoms with Crippen LogP contribution in [0.25, 0.3) is 0 Å². The fourth-order valence-corrected chi connectivity index (χ4v) is 2.70. The van der Waals surface area contributed by atoms with Gasteiger partial charge >= 0.3 is 5.97 Å². The number of benzene rings is 2. The first kappa shape index (κ1) is 20.2. The van der Waals surface area contributed by atoms with Crippen LogP contribution in [0.2, 0.25) is 0 Å². The van der Waals surface area contributed by atoms with Gasteiger partial charge in [0.25, 0.3) is 5.91 Å². The second-order valence-electron chi connectivity index (χ2n) is 6.96. The van der Waals surface area contributed by atoms with Crippen molar-refractivity contribution in [3.8, 4) is 0 Å². The Bertz CT molecular complexity index is 888. The van der Waals surface area contributed by atoms with Crippen molar-refractivity contribution in [2.75, 3.05) is 10.6 Å². The number of aromatic carboxylic acids is 1. The van der Waals surface area contributed by atoms with Crippen molar-refractivity contribution in [2.24, 2.45) is 5.92 Å². The van der Waals surface area contributed by atoms with Gasteiger partial charge < -0.3 is 15.7 Å². The summed E-state index contributed by atoms with van der Waals surface area (Å²) in [6, 6.07) is 9.70. The molecule has 0 aromatic heterocycles. The summed E-state index contributed by atoms with van der Waals surface area (Å²) in [6.07, 6.45) is 0.438. The third-order valence-corrected chi connectivity index (χ3v) is 4.07. The van der Waals surface area contributed by atoms with Crippen molar-refractivity contribution in [3.63, 3.8) is 0 Å². The second kappa shape index (κ2) is 8.49. The average molecular weight is 368 g/mol. The van der Waals surface area contributed by atoms with Gasteiger partial charge in [-0.05, 0) is 67.3 Å². The Kier molecular flexibility index (Phi) is 6.34. The van der Waals surface area contributed by atoms with Gasteiger partial charge in [0.1, 0.15) is 0 Å². The molecule has 0 atom stereocenters. The van der Waals surface area contributed by atoms with Gasteiger partial charge in [-0.15, -0.1) is 0 Å². The molecule has 0 aliphatic rings. The lowest BCUT2D eigenvalue weighted by Gasteiger charge is -2.12. The smallest absolute Gasteiger partial charge is 0.335 e. The maximum absolute atomic E-state index is 12.5. The summed E-state index contributed by atoms with van der Waals surface area (Å²) in [5.74, 6) is -1.10. The molecule has 2 rings (SSSR count). The van der Waals surface area contributed by atoms with Crippen molar-refractivity contribution >= 4 is 29.2 Å². The lowest BCUT2D eigenvalue weighted by Crippen LogP contribution is -2.16. The van der Waals surface area contributed by atoms with Crippen LogP contribution in [0.4, 0.5) is 11.4 Å². The van der Waals surface area contributed by atoms with Gasteiger partial charge in [-0.25, -0.2) is 4.79 Å². The van der Waals surface area contributed by atoms with E-state index in [0.717, 1.165) is 5.56 Å². The molecule has 0 spiro atoms. The first-order valence-electron chi connectivity index (χ1n) is 8.73. The highest BCUT2D eigenvalue weighted by Gasteiger charge is 2.12. The molecule has 0 aliphatic heterocycles. The second-order valence-corrected chi connectivity index (χ2v) is 6.96. The van der Waals surface area contributed by atoms with Crippen molar-refractivity contribution in [1.82, 2.24) is 0 Å². The average Bonchev–Trinajstić information content (AvgIpc) is 2.55. The lowest BCUT2D eigenvalue weighted by atomic mass is 10.1. The summed E-state index contributed by atoms with van der Waals surface area (Å²) in [5, 5.41) is 14.7. The van der Waals surface area contributed by atoms with Crippen LogP contribution in [0, 0.1) is 19.8 Å². The van der Waals surface area contributed by atoms with Crippen molar-refractivity contribution in [2.45, 2.75) is 34.1 Å². The Labute approximate surface area is 158 Å². The number of anilines is 2. The number of nitrogens with one attached hydrogen (secondary N) is 2. The molecule has 0 aliphatic carbocycles. The summed E-state index contributed by atoms with van der Waals surface area (Å²) < 4.78 is 0. The summed E-state index contributed by atoms with van der Waals surface area (Å²) in [7, 11) is 0. The van der Waals surface area contributed by atoms with Crippen LogP contribution >= 0.6 is 0 Å². The predicted octanol–water partition coefficient (Wildman–Crippen LogP) is 4.24. The summed E-state index contributed by atoms with van der Waals surface area (Å²) in [4.78, 5) is 35.4. The first-order valence-corrected chi connectivity index (χ1v) is 8.73. The highest BCUT2D eigenvalue weighted by Crippen LogP contribution is 2.20. The van der Waals surface area contributed by atoms with Gasteiger partial charge in [0.05, 0.1) is 5.56 Å². The van der Waals surface area contributed by atoms with Crippen LogP contribution in [-0.4, -0.2) is 22.9 Å². The third-order valence-electron chi connectivity index (χ3n) is 4.07. The molecule has 27 heavy (non-hydrogen) atoms. The number of carboxylic acids is 1. The minimum absolute atomic E-state index is 0.0562. The van der Waals surface area contributed by atoms with E-state index >= 15 is 0 Å². The maximum Gasteiger partial charge on any atom is 0.335 e. The van der Waals surface area contributed by atoms with E-state index in [2.05, 4.69) is 10.6 Å². The molecule has 6 heteroatoms. The van der Waals surface area contributed by atoms with Crippen LogP contribution in [0.15, 0.2) is 36.4 Å². The Hall–Kier alpha value is -3.15. The molecule has 3 N–H and O–H groups in total. The molecular weight excluding hydrogens is 344 g/mol. The Morgan fingerprint density at radius 1 is 0.963 bits per heavy atom. The van der Waals surface area contributed by atoms with E-state index in [9.17, 15) is 14.4 Å². The van der Waals surface area contributed by atoms with E-state index in [1.165, 1.54) is 6.07 Å². The molecule has 142 valence electrons. The van der Waals surface area contributed by atoms with Crippen molar-refractivity contribution in [3.05, 3.63) is 58.7 Å². The largest absolute Gasteiger partial charge is 0.478 e. The number of hydrogen-bond acceptors (Lipinski definition) is 3. The molecule has 2 amide bonds. The minimum Gasteiger partial charge on any atom is -0.478 e. The van der Waals surface area contributed by atoms with Gasteiger partial charge in [-0.3, -0.25) is 9.59 Å². The molecule has 2 aromatic rings. The van der Waals surface area contributed by atoms with Crippen LogP contribution in [0.1, 0.15) is 52.1 Å². The maximum atomic E-state index is 12.5. The fraction of sp³-hybridized carbons (Fsp3) is 0.286. The highest BCUT2D eigenvalue weighted by molar-refractivity contribution is 6.05. The minimum atomic E-state index is -1.00. The van der Waals surface area contributed by atoms with Crippen LogP contribution in [0.3, 0.4) is 0 Å². The van der Waals surface area contributed by atoms with E-state index in [-0.39, 0.29) is 23.3 Å². The molecule has 0 fully saturated rings. The van der Waals surface area contributed by atoms with Crippen molar-refractivity contribution in [1.29, 1.82) is 0 Å². The Balaban J connectivity index is 2.11. The molecule has 6 nitrogen and oxygen atoms in total.